The van der Waals surface area contributed by atoms with Gasteiger partial charge in [-0.25, -0.2) is 0 Å². The summed E-state index contributed by atoms with van der Waals surface area (Å²) in [6.45, 7) is 4.29. The Morgan fingerprint density at radius 1 is 1.21 bits per heavy atom. The molecule has 1 unspecified atom stereocenters. The summed E-state index contributed by atoms with van der Waals surface area (Å²) in [5.41, 5.74) is 0.714. The third-order valence-corrected chi connectivity index (χ3v) is 2.71. The van der Waals surface area contributed by atoms with Crippen LogP contribution in [0.2, 0.25) is 0 Å². The highest BCUT2D eigenvalue weighted by Gasteiger charge is 2.21. The molecule has 0 spiro atoms. The van der Waals surface area contributed by atoms with Gasteiger partial charge in [0.1, 0.15) is 0 Å². The first kappa shape index (κ1) is 15.2. The molecule has 0 aliphatic heterocycles. The number of carbonyl (C=O) groups excluding carboxylic acids is 1. The smallest absolute Gasteiger partial charge is 0.310 e. The predicted molar refractivity (Wildman–Crippen MR) is 71.8 cm³/mol. The first-order chi connectivity index (χ1) is 9.00. The lowest BCUT2D eigenvalue weighted by Crippen LogP contribution is -2.15. The summed E-state index contributed by atoms with van der Waals surface area (Å²) in [4.78, 5) is 22.7. The topological polar surface area (TPSA) is 63.6 Å². The fourth-order valence-corrected chi connectivity index (χ4v) is 1.71. The maximum Gasteiger partial charge on any atom is 0.310 e. The Kier molecular flexibility index (Phi) is 6.06. The summed E-state index contributed by atoms with van der Waals surface area (Å²) in [5.74, 6) is -1.63. The van der Waals surface area contributed by atoms with Crippen LogP contribution >= 0.6 is 0 Å². The average molecular weight is 264 g/mol. The highest BCUT2D eigenvalue weighted by Crippen LogP contribution is 2.21. The second-order valence-corrected chi connectivity index (χ2v) is 4.92. The fourth-order valence-electron chi connectivity index (χ4n) is 1.71. The summed E-state index contributed by atoms with van der Waals surface area (Å²) in [5, 5.41) is 9.21. The number of aliphatic carboxylic acids is 1. The average Bonchev–Trinajstić information content (AvgIpc) is 2.37. The Balaban J connectivity index is 2.52. The van der Waals surface area contributed by atoms with Crippen molar-refractivity contribution >= 4 is 11.9 Å². The van der Waals surface area contributed by atoms with Gasteiger partial charge >= 0.3 is 11.9 Å². The van der Waals surface area contributed by atoms with Crippen molar-refractivity contribution in [3.8, 4) is 0 Å². The van der Waals surface area contributed by atoms with Crippen molar-refractivity contribution in [1.29, 1.82) is 0 Å². The molecule has 1 aromatic carbocycles. The van der Waals surface area contributed by atoms with Crippen molar-refractivity contribution < 1.29 is 19.4 Å². The molecule has 0 aromatic heterocycles. The lowest BCUT2D eigenvalue weighted by molar-refractivity contribution is -0.145. The van der Waals surface area contributed by atoms with Crippen molar-refractivity contribution in [2.24, 2.45) is 5.92 Å². The lowest BCUT2D eigenvalue weighted by Gasteiger charge is -2.12. The first-order valence-corrected chi connectivity index (χ1v) is 6.44. The minimum Gasteiger partial charge on any atom is -0.481 e. The molecule has 0 saturated carbocycles. The van der Waals surface area contributed by atoms with Crippen LogP contribution in [0.15, 0.2) is 30.3 Å². The van der Waals surface area contributed by atoms with E-state index in [1.54, 1.807) is 24.3 Å². The Morgan fingerprint density at radius 2 is 1.84 bits per heavy atom. The van der Waals surface area contributed by atoms with Crippen LogP contribution in [0.1, 0.15) is 38.2 Å². The molecule has 0 saturated heterocycles. The number of rotatable bonds is 7. The van der Waals surface area contributed by atoms with Gasteiger partial charge in [-0.2, -0.15) is 0 Å². The number of esters is 1. The Labute approximate surface area is 113 Å². The quantitative estimate of drug-likeness (QED) is 0.769. The van der Waals surface area contributed by atoms with Crippen LogP contribution in [0.25, 0.3) is 0 Å². The Bertz CT molecular complexity index is 411. The zero-order valence-electron chi connectivity index (χ0n) is 11.3. The third-order valence-electron chi connectivity index (χ3n) is 2.71. The molecule has 0 fully saturated rings. The van der Waals surface area contributed by atoms with Gasteiger partial charge in [-0.05, 0) is 17.9 Å². The van der Waals surface area contributed by atoms with E-state index in [9.17, 15) is 14.7 Å². The van der Waals surface area contributed by atoms with Crippen LogP contribution < -0.4 is 0 Å². The number of ether oxygens (including phenoxy) is 1. The van der Waals surface area contributed by atoms with E-state index >= 15 is 0 Å². The van der Waals surface area contributed by atoms with E-state index in [-0.39, 0.29) is 24.7 Å². The minimum atomic E-state index is -0.914. The molecule has 1 aromatic rings. The summed E-state index contributed by atoms with van der Waals surface area (Å²) in [6.07, 6.45) is 0.384. The zero-order chi connectivity index (χ0) is 14.3. The Hall–Kier alpha value is -1.84. The lowest BCUT2D eigenvalue weighted by atomic mass is 9.94. The van der Waals surface area contributed by atoms with Crippen molar-refractivity contribution in [1.82, 2.24) is 0 Å². The first-order valence-electron chi connectivity index (χ1n) is 6.44. The van der Waals surface area contributed by atoms with E-state index in [0.29, 0.717) is 12.2 Å². The number of carbonyl (C=O) groups is 2. The van der Waals surface area contributed by atoms with Crippen LogP contribution in [0.3, 0.4) is 0 Å². The third kappa shape index (κ3) is 5.55. The summed E-state index contributed by atoms with van der Waals surface area (Å²) < 4.78 is 5.04. The van der Waals surface area contributed by atoms with E-state index in [1.165, 1.54) is 0 Å². The van der Waals surface area contributed by atoms with Gasteiger partial charge in [0.15, 0.2) is 0 Å². The van der Waals surface area contributed by atoms with Crippen LogP contribution in [0, 0.1) is 5.92 Å². The Morgan fingerprint density at radius 3 is 2.37 bits per heavy atom. The van der Waals surface area contributed by atoms with Gasteiger partial charge in [-0.3, -0.25) is 9.59 Å². The fraction of sp³-hybridized carbons (Fsp3) is 0.467. The number of hydrogen-bond acceptors (Lipinski definition) is 3. The molecule has 0 bridgehead atoms. The minimum absolute atomic E-state index is 0.124. The molecule has 0 heterocycles. The molecule has 104 valence electrons. The summed E-state index contributed by atoms with van der Waals surface area (Å²) >= 11 is 0. The molecule has 0 aliphatic carbocycles. The molecule has 0 amide bonds. The van der Waals surface area contributed by atoms with Crippen molar-refractivity contribution in [3.63, 3.8) is 0 Å². The van der Waals surface area contributed by atoms with Gasteiger partial charge in [0.05, 0.1) is 12.5 Å². The predicted octanol–water partition coefficient (Wildman–Crippen LogP) is 2.83. The van der Waals surface area contributed by atoms with Crippen LogP contribution in [-0.4, -0.2) is 23.7 Å². The van der Waals surface area contributed by atoms with Crippen LogP contribution in [0.4, 0.5) is 0 Å². The van der Waals surface area contributed by atoms with E-state index in [0.717, 1.165) is 0 Å². The normalized spacial score (nSPS) is 12.2. The SMILES string of the molecule is CC(C)COC(=O)CCC(C(=O)O)c1ccccc1. The molecule has 4 heteroatoms. The second-order valence-electron chi connectivity index (χ2n) is 4.92. The molecule has 1 rings (SSSR count). The van der Waals surface area contributed by atoms with Gasteiger partial charge in [-0.1, -0.05) is 44.2 Å². The molecule has 1 N–H and O–H groups in total. The van der Waals surface area contributed by atoms with E-state index < -0.39 is 11.9 Å². The summed E-state index contributed by atoms with van der Waals surface area (Å²) in [7, 11) is 0. The monoisotopic (exact) mass is 264 g/mol. The van der Waals surface area contributed by atoms with Gasteiger partial charge in [0.2, 0.25) is 0 Å². The molecular formula is C15H20O4. The van der Waals surface area contributed by atoms with E-state index in [1.807, 2.05) is 19.9 Å². The van der Waals surface area contributed by atoms with Gasteiger partial charge < -0.3 is 9.84 Å². The van der Waals surface area contributed by atoms with Crippen LogP contribution in [0.5, 0.6) is 0 Å². The van der Waals surface area contributed by atoms with E-state index in [4.69, 9.17) is 4.74 Å². The van der Waals surface area contributed by atoms with Crippen molar-refractivity contribution in [3.05, 3.63) is 35.9 Å². The van der Waals surface area contributed by atoms with Gasteiger partial charge in [-0.15, -0.1) is 0 Å². The standard InChI is InChI=1S/C15H20O4/c1-11(2)10-19-14(16)9-8-13(15(17)18)12-6-4-3-5-7-12/h3-7,11,13H,8-10H2,1-2H3,(H,17,18). The van der Waals surface area contributed by atoms with Gasteiger partial charge in [0, 0.05) is 6.42 Å². The molecule has 0 radical (unpaired) electrons. The number of hydrogen-bond donors (Lipinski definition) is 1. The number of carboxylic acid groups (broad SMARTS) is 1. The molecule has 19 heavy (non-hydrogen) atoms. The summed E-state index contributed by atoms with van der Waals surface area (Å²) in [6, 6.07) is 8.94. The highest BCUT2D eigenvalue weighted by molar-refractivity contribution is 5.77. The molecule has 0 aliphatic rings. The molecule has 4 nitrogen and oxygen atoms in total. The maximum absolute atomic E-state index is 11.5. The molecular weight excluding hydrogens is 244 g/mol. The largest absolute Gasteiger partial charge is 0.481 e. The number of carboxylic acids is 1. The van der Waals surface area contributed by atoms with Crippen LogP contribution in [-0.2, 0) is 14.3 Å². The maximum atomic E-state index is 11.5. The van der Waals surface area contributed by atoms with Crippen molar-refractivity contribution in [2.45, 2.75) is 32.6 Å². The number of benzene rings is 1. The molecule has 1 atom stereocenters. The zero-order valence-corrected chi connectivity index (χ0v) is 11.3. The second kappa shape index (κ2) is 7.56. The van der Waals surface area contributed by atoms with E-state index in [2.05, 4.69) is 0 Å². The van der Waals surface area contributed by atoms with Crippen molar-refractivity contribution in [2.75, 3.05) is 6.61 Å². The highest BCUT2D eigenvalue weighted by atomic mass is 16.5. The van der Waals surface area contributed by atoms with Gasteiger partial charge in [0.25, 0.3) is 0 Å².